The Hall–Kier alpha value is -2.38. The van der Waals surface area contributed by atoms with E-state index in [1.54, 1.807) is 55.4 Å². The predicted octanol–water partition coefficient (Wildman–Crippen LogP) is 1.53. The molecule has 23 heavy (non-hydrogen) atoms. The van der Waals surface area contributed by atoms with Crippen molar-refractivity contribution in [3.63, 3.8) is 0 Å². The third-order valence-corrected chi connectivity index (χ3v) is 3.16. The molecule has 0 saturated heterocycles. The molecule has 0 aliphatic heterocycles. The van der Waals surface area contributed by atoms with Crippen LogP contribution in [0.1, 0.15) is 22.0 Å². The second kappa shape index (κ2) is 8.30. The summed E-state index contributed by atoms with van der Waals surface area (Å²) >= 11 is 0. The summed E-state index contributed by atoms with van der Waals surface area (Å²) in [7, 11) is 4.79. The van der Waals surface area contributed by atoms with Gasteiger partial charge in [-0.15, -0.1) is 12.4 Å². The minimum absolute atomic E-state index is 0. The number of hydrogen-bond donors (Lipinski definition) is 2. The Labute approximate surface area is 140 Å². The lowest BCUT2D eigenvalue weighted by atomic mass is 10.1. The molecule has 2 aromatic rings. The van der Waals surface area contributed by atoms with Crippen LogP contribution in [0.3, 0.4) is 0 Å². The maximum Gasteiger partial charge on any atom is 0.337 e. The standard InChI is InChI=1S/C15H18N4O3.ClH/c1-16-13(11-8-17-19(2)9-11)14(20)18-12-6-4-5-10(7-12)15(21)22-3;/h4-9,13,16H,1-3H3,(H,18,20);1H. The third-order valence-electron chi connectivity index (χ3n) is 3.16. The molecule has 0 aliphatic carbocycles. The van der Waals surface area contributed by atoms with Crippen LogP contribution in [0.15, 0.2) is 36.7 Å². The van der Waals surface area contributed by atoms with Crippen molar-refractivity contribution in [1.29, 1.82) is 0 Å². The number of likely N-dealkylation sites (N-methyl/N-ethyl adjacent to an activating group) is 1. The fourth-order valence-electron chi connectivity index (χ4n) is 2.09. The van der Waals surface area contributed by atoms with Gasteiger partial charge >= 0.3 is 5.97 Å². The summed E-state index contributed by atoms with van der Waals surface area (Å²) in [5, 5.41) is 9.78. The highest BCUT2D eigenvalue weighted by molar-refractivity contribution is 5.97. The molecule has 7 nitrogen and oxygen atoms in total. The fraction of sp³-hybridized carbons (Fsp3) is 0.267. The maximum absolute atomic E-state index is 12.4. The van der Waals surface area contributed by atoms with Gasteiger partial charge in [0.05, 0.1) is 18.9 Å². The molecule has 1 aromatic carbocycles. The summed E-state index contributed by atoms with van der Waals surface area (Å²) in [6.07, 6.45) is 3.40. The van der Waals surface area contributed by atoms with Crippen molar-refractivity contribution in [2.24, 2.45) is 7.05 Å². The van der Waals surface area contributed by atoms with Gasteiger partial charge < -0.3 is 15.4 Å². The van der Waals surface area contributed by atoms with E-state index in [4.69, 9.17) is 0 Å². The van der Waals surface area contributed by atoms with Crippen LogP contribution in [0, 0.1) is 0 Å². The topological polar surface area (TPSA) is 85.2 Å². The van der Waals surface area contributed by atoms with Crippen LogP contribution in [0.2, 0.25) is 0 Å². The Bertz CT molecular complexity index is 687. The molecule has 1 atom stereocenters. The van der Waals surface area contributed by atoms with Crippen LogP contribution in [0.25, 0.3) is 0 Å². The van der Waals surface area contributed by atoms with E-state index in [0.29, 0.717) is 11.3 Å². The molecule has 2 N–H and O–H groups in total. The van der Waals surface area contributed by atoms with Gasteiger partial charge in [0, 0.05) is 24.5 Å². The molecular weight excluding hydrogens is 320 g/mol. The molecule has 1 heterocycles. The average molecular weight is 339 g/mol. The summed E-state index contributed by atoms with van der Waals surface area (Å²) < 4.78 is 6.29. The third kappa shape index (κ3) is 4.54. The van der Waals surface area contributed by atoms with Gasteiger partial charge in [-0.3, -0.25) is 9.48 Å². The van der Waals surface area contributed by atoms with Crippen LogP contribution in [0.5, 0.6) is 0 Å². The number of esters is 1. The molecule has 8 heteroatoms. The quantitative estimate of drug-likeness (QED) is 0.807. The monoisotopic (exact) mass is 338 g/mol. The number of nitrogens with one attached hydrogen (secondary N) is 2. The van der Waals surface area contributed by atoms with Crippen LogP contribution < -0.4 is 10.6 Å². The van der Waals surface area contributed by atoms with E-state index in [2.05, 4.69) is 20.5 Å². The molecule has 0 radical (unpaired) electrons. The number of halogens is 1. The second-order valence-corrected chi connectivity index (χ2v) is 4.73. The minimum atomic E-state index is -0.532. The Morgan fingerprint density at radius 3 is 2.65 bits per heavy atom. The van der Waals surface area contributed by atoms with Crippen molar-refractivity contribution in [3.05, 3.63) is 47.8 Å². The highest BCUT2D eigenvalue weighted by Crippen LogP contribution is 2.16. The number of amides is 1. The van der Waals surface area contributed by atoms with Crippen LogP contribution in [-0.4, -0.2) is 35.8 Å². The van der Waals surface area contributed by atoms with E-state index in [9.17, 15) is 9.59 Å². The van der Waals surface area contributed by atoms with E-state index in [-0.39, 0.29) is 18.3 Å². The van der Waals surface area contributed by atoms with E-state index in [0.717, 1.165) is 5.56 Å². The Balaban J connectivity index is 0.00000264. The van der Waals surface area contributed by atoms with E-state index < -0.39 is 12.0 Å². The Kier molecular flexibility index (Phi) is 6.74. The van der Waals surface area contributed by atoms with Gasteiger partial charge in [0.2, 0.25) is 5.91 Å². The van der Waals surface area contributed by atoms with Crippen molar-refractivity contribution in [2.45, 2.75) is 6.04 Å². The van der Waals surface area contributed by atoms with Crippen LogP contribution in [0.4, 0.5) is 5.69 Å². The van der Waals surface area contributed by atoms with Gasteiger partial charge in [0.1, 0.15) is 6.04 Å². The molecule has 0 aliphatic rings. The van der Waals surface area contributed by atoms with Gasteiger partial charge in [-0.2, -0.15) is 5.10 Å². The second-order valence-electron chi connectivity index (χ2n) is 4.73. The first-order valence-electron chi connectivity index (χ1n) is 6.70. The van der Waals surface area contributed by atoms with Gasteiger partial charge in [-0.25, -0.2) is 4.79 Å². The average Bonchev–Trinajstić information content (AvgIpc) is 2.93. The number of benzene rings is 1. The normalized spacial score (nSPS) is 11.3. The number of carbonyl (C=O) groups excluding carboxylic acids is 2. The van der Waals surface area contributed by atoms with Gasteiger partial charge in [0.15, 0.2) is 0 Å². The molecule has 0 bridgehead atoms. The number of aryl methyl sites for hydroxylation is 1. The number of ether oxygens (including phenoxy) is 1. The first kappa shape index (κ1) is 18.7. The van der Waals surface area contributed by atoms with Crippen LogP contribution >= 0.6 is 12.4 Å². The zero-order valence-corrected chi connectivity index (χ0v) is 13.9. The smallest absolute Gasteiger partial charge is 0.337 e. The SMILES string of the molecule is CNC(C(=O)Nc1cccc(C(=O)OC)c1)c1cnn(C)c1.Cl. The van der Waals surface area contributed by atoms with Gasteiger partial charge in [-0.05, 0) is 25.2 Å². The Morgan fingerprint density at radius 2 is 2.09 bits per heavy atom. The molecule has 124 valence electrons. The van der Waals surface area contributed by atoms with E-state index in [1.807, 2.05) is 0 Å². The molecule has 2 rings (SSSR count). The number of carbonyl (C=O) groups is 2. The molecule has 0 saturated carbocycles. The van der Waals surface area contributed by atoms with Crippen molar-refractivity contribution >= 4 is 30.0 Å². The number of hydrogen-bond acceptors (Lipinski definition) is 5. The molecule has 0 spiro atoms. The van der Waals surface area contributed by atoms with Crippen molar-refractivity contribution in [1.82, 2.24) is 15.1 Å². The first-order valence-corrected chi connectivity index (χ1v) is 6.70. The summed E-state index contributed by atoms with van der Waals surface area (Å²) in [5.74, 6) is -0.689. The Morgan fingerprint density at radius 1 is 1.35 bits per heavy atom. The summed E-state index contributed by atoms with van der Waals surface area (Å²) in [6.45, 7) is 0. The number of methoxy groups -OCH3 is 1. The molecule has 1 amide bonds. The first-order chi connectivity index (χ1) is 10.5. The van der Waals surface area contributed by atoms with Crippen molar-refractivity contribution in [3.8, 4) is 0 Å². The zero-order valence-electron chi connectivity index (χ0n) is 13.1. The maximum atomic E-state index is 12.4. The van der Waals surface area contributed by atoms with Crippen LogP contribution in [-0.2, 0) is 16.6 Å². The van der Waals surface area contributed by atoms with Crippen molar-refractivity contribution < 1.29 is 14.3 Å². The lowest BCUT2D eigenvalue weighted by molar-refractivity contribution is -0.118. The summed E-state index contributed by atoms with van der Waals surface area (Å²) in [6, 6.07) is 6.05. The zero-order chi connectivity index (χ0) is 16.1. The highest BCUT2D eigenvalue weighted by atomic mass is 35.5. The number of aromatic nitrogens is 2. The van der Waals surface area contributed by atoms with Crippen molar-refractivity contribution in [2.75, 3.05) is 19.5 Å². The molecule has 1 unspecified atom stereocenters. The number of nitrogens with zero attached hydrogens (tertiary/aromatic N) is 2. The molecular formula is C15H19ClN4O3. The lowest BCUT2D eigenvalue weighted by Gasteiger charge is -2.15. The minimum Gasteiger partial charge on any atom is -0.465 e. The summed E-state index contributed by atoms with van der Waals surface area (Å²) in [4.78, 5) is 23.9. The highest BCUT2D eigenvalue weighted by Gasteiger charge is 2.20. The number of anilines is 1. The predicted molar refractivity (Wildman–Crippen MR) is 88.7 cm³/mol. The lowest BCUT2D eigenvalue weighted by Crippen LogP contribution is -2.30. The molecule has 1 aromatic heterocycles. The molecule has 0 fully saturated rings. The fourth-order valence-corrected chi connectivity index (χ4v) is 2.09. The van der Waals surface area contributed by atoms with Gasteiger partial charge in [0.25, 0.3) is 0 Å². The largest absolute Gasteiger partial charge is 0.465 e. The van der Waals surface area contributed by atoms with E-state index >= 15 is 0 Å². The van der Waals surface area contributed by atoms with E-state index in [1.165, 1.54) is 7.11 Å². The van der Waals surface area contributed by atoms with Gasteiger partial charge in [-0.1, -0.05) is 6.07 Å². The summed E-state index contributed by atoms with van der Waals surface area (Å²) in [5.41, 5.74) is 1.66. The number of rotatable bonds is 5.